The van der Waals surface area contributed by atoms with Crippen LogP contribution in [-0.4, -0.2) is 32.8 Å². The molecule has 0 N–H and O–H groups in total. The van der Waals surface area contributed by atoms with Crippen molar-refractivity contribution in [3.63, 3.8) is 0 Å². The number of unbranched alkanes of at least 4 members (excludes halogenated alkanes) is 4. The van der Waals surface area contributed by atoms with Gasteiger partial charge in [0.2, 0.25) is 10.0 Å². The SMILES string of the molecule is CCCCCCC[C@H]1CC[C@@](c2cc(-c3ccc(F)cc3)c(N(C)S(C)(=O)=O)nc2C(C)C)(C(C)(C)C)OO1. The van der Waals surface area contributed by atoms with Crippen LogP contribution in [0, 0.1) is 11.2 Å². The van der Waals surface area contributed by atoms with E-state index in [0.29, 0.717) is 16.9 Å². The van der Waals surface area contributed by atoms with E-state index >= 15 is 0 Å². The summed E-state index contributed by atoms with van der Waals surface area (Å²) in [6.07, 6.45) is 9.85. The predicted octanol–water partition coefficient (Wildman–Crippen LogP) is 8.12. The first kappa shape index (κ1) is 31.5. The molecule has 0 aliphatic carbocycles. The Kier molecular flexibility index (Phi) is 10.2. The highest BCUT2D eigenvalue weighted by molar-refractivity contribution is 7.92. The van der Waals surface area contributed by atoms with Crippen LogP contribution >= 0.6 is 0 Å². The van der Waals surface area contributed by atoms with Gasteiger partial charge in [0.05, 0.1) is 18.1 Å². The van der Waals surface area contributed by atoms with Gasteiger partial charge in [0.15, 0.2) is 0 Å². The van der Waals surface area contributed by atoms with Crippen LogP contribution < -0.4 is 4.31 Å². The zero-order chi connectivity index (χ0) is 29.0. The van der Waals surface area contributed by atoms with Crippen molar-refractivity contribution in [3.05, 3.63) is 47.4 Å². The number of rotatable bonds is 11. The van der Waals surface area contributed by atoms with Gasteiger partial charge >= 0.3 is 0 Å². The van der Waals surface area contributed by atoms with Crippen molar-refractivity contribution in [2.24, 2.45) is 5.41 Å². The van der Waals surface area contributed by atoms with Crippen LogP contribution in [0.4, 0.5) is 10.2 Å². The van der Waals surface area contributed by atoms with E-state index in [2.05, 4.69) is 27.7 Å². The lowest BCUT2D eigenvalue weighted by molar-refractivity contribution is -0.435. The molecule has 0 unspecified atom stereocenters. The minimum Gasteiger partial charge on any atom is -0.257 e. The first-order chi connectivity index (χ1) is 18.2. The van der Waals surface area contributed by atoms with Gasteiger partial charge in [-0.15, -0.1) is 0 Å². The molecule has 1 aromatic heterocycles. The van der Waals surface area contributed by atoms with E-state index in [4.69, 9.17) is 14.8 Å². The lowest BCUT2D eigenvalue weighted by Gasteiger charge is -2.48. The van der Waals surface area contributed by atoms with Crippen LogP contribution in [0.5, 0.6) is 0 Å². The molecule has 0 saturated carbocycles. The summed E-state index contributed by atoms with van der Waals surface area (Å²) < 4.78 is 40.3. The maximum atomic E-state index is 13.8. The fourth-order valence-corrected chi connectivity index (χ4v) is 5.83. The number of anilines is 1. The number of hydrogen-bond acceptors (Lipinski definition) is 5. The summed E-state index contributed by atoms with van der Waals surface area (Å²) in [5.74, 6) is -0.0601. The third-order valence-electron chi connectivity index (χ3n) is 7.95. The molecule has 2 heterocycles. The topological polar surface area (TPSA) is 68.7 Å². The molecule has 3 rings (SSSR count). The highest BCUT2D eigenvalue weighted by atomic mass is 32.2. The molecule has 1 fully saturated rings. The van der Waals surface area contributed by atoms with Gasteiger partial charge in [0, 0.05) is 18.2 Å². The van der Waals surface area contributed by atoms with Gasteiger partial charge in [0.25, 0.3) is 0 Å². The molecule has 0 radical (unpaired) electrons. The van der Waals surface area contributed by atoms with E-state index in [0.717, 1.165) is 43.2 Å². The van der Waals surface area contributed by atoms with Crippen molar-refractivity contribution < 1.29 is 22.6 Å². The van der Waals surface area contributed by atoms with Crippen molar-refractivity contribution in [2.75, 3.05) is 17.6 Å². The smallest absolute Gasteiger partial charge is 0.233 e. The monoisotopic (exact) mass is 562 g/mol. The van der Waals surface area contributed by atoms with Crippen LogP contribution in [0.2, 0.25) is 0 Å². The molecule has 1 aliphatic heterocycles. The molecule has 2 atom stereocenters. The number of benzene rings is 1. The number of hydrogen-bond donors (Lipinski definition) is 0. The highest BCUT2D eigenvalue weighted by Gasteiger charge is 2.51. The van der Waals surface area contributed by atoms with Gasteiger partial charge < -0.3 is 0 Å². The Labute approximate surface area is 235 Å². The van der Waals surface area contributed by atoms with Crippen molar-refractivity contribution >= 4 is 15.8 Å². The summed E-state index contributed by atoms with van der Waals surface area (Å²) in [4.78, 5) is 17.6. The lowest BCUT2D eigenvalue weighted by Crippen LogP contribution is -2.48. The second-order valence-electron chi connectivity index (χ2n) is 12.3. The van der Waals surface area contributed by atoms with Gasteiger partial charge in [-0.2, -0.15) is 0 Å². The molecular weight excluding hydrogens is 515 g/mol. The predicted molar refractivity (Wildman–Crippen MR) is 157 cm³/mol. The number of halogens is 1. The molecule has 0 spiro atoms. The van der Waals surface area contributed by atoms with E-state index in [-0.39, 0.29) is 23.3 Å². The molecule has 218 valence electrons. The minimum absolute atomic E-state index is 0.00640. The summed E-state index contributed by atoms with van der Waals surface area (Å²) in [6.45, 7) is 12.7. The summed E-state index contributed by atoms with van der Waals surface area (Å²) in [5, 5.41) is 0. The van der Waals surface area contributed by atoms with E-state index in [1.165, 1.54) is 49.2 Å². The standard InChI is InChI=1S/C31H47FN2O4S/c1-9-10-11-12-13-14-25-19-20-31(38-37-25,30(4,5)6)27-21-26(23-15-17-24(32)18-16-23)29(33-28(27)22(2)3)34(7)39(8,35)36/h15-18,21-22,25H,9-14,19-20H2,1-8H3/t25-,31+/m0/s1. The fraction of sp³-hybridized carbons (Fsp3) is 0.645. The Morgan fingerprint density at radius 2 is 1.77 bits per heavy atom. The number of pyridine rings is 1. The zero-order valence-corrected chi connectivity index (χ0v) is 25.8. The Morgan fingerprint density at radius 3 is 2.28 bits per heavy atom. The third kappa shape index (κ3) is 7.19. The van der Waals surface area contributed by atoms with Crippen molar-refractivity contribution in [3.8, 4) is 11.1 Å². The molecule has 1 aromatic carbocycles. The van der Waals surface area contributed by atoms with Gasteiger partial charge in [-0.1, -0.05) is 85.8 Å². The second kappa shape index (κ2) is 12.6. The summed E-state index contributed by atoms with van der Waals surface area (Å²) in [5.41, 5.74) is 1.79. The Bertz CT molecular complexity index is 1200. The van der Waals surface area contributed by atoms with E-state index < -0.39 is 15.6 Å². The Hall–Kier alpha value is -2.03. The highest BCUT2D eigenvalue weighted by Crippen LogP contribution is 2.52. The van der Waals surface area contributed by atoms with Crippen molar-refractivity contribution in [2.45, 2.75) is 111 Å². The van der Waals surface area contributed by atoms with Gasteiger partial charge in [0.1, 0.15) is 17.2 Å². The van der Waals surface area contributed by atoms with E-state index in [9.17, 15) is 12.8 Å². The normalized spacial score (nSPS) is 20.4. The van der Waals surface area contributed by atoms with Gasteiger partial charge in [-0.25, -0.2) is 27.6 Å². The summed E-state index contributed by atoms with van der Waals surface area (Å²) >= 11 is 0. The first-order valence-corrected chi connectivity index (χ1v) is 16.2. The molecule has 2 aromatic rings. The molecule has 1 saturated heterocycles. The molecule has 6 nitrogen and oxygen atoms in total. The van der Waals surface area contributed by atoms with Crippen LogP contribution in [0.25, 0.3) is 11.1 Å². The van der Waals surface area contributed by atoms with Crippen LogP contribution in [0.15, 0.2) is 30.3 Å². The molecule has 39 heavy (non-hydrogen) atoms. The van der Waals surface area contributed by atoms with Gasteiger partial charge in [-0.3, -0.25) is 4.31 Å². The summed E-state index contributed by atoms with van der Waals surface area (Å²) in [6, 6.07) is 8.05. The average molecular weight is 563 g/mol. The second-order valence-corrected chi connectivity index (χ2v) is 14.3. The molecule has 0 bridgehead atoms. The van der Waals surface area contributed by atoms with E-state index in [1.807, 2.05) is 19.9 Å². The van der Waals surface area contributed by atoms with Crippen LogP contribution in [-0.2, 0) is 25.4 Å². The molecular formula is C31H47FN2O4S. The molecule has 0 amide bonds. The van der Waals surface area contributed by atoms with Crippen LogP contribution in [0.3, 0.4) is 0 Å². The van der Waals surface area contributed by atoms with Crippen molar-refractivity contribution in [1.82, 2.24) is 4.98 Å². The Morgan fingerprint density at radius 1 is 1.13 bits per heavy atom. The molecule has 1 aliphatic rings. The minimum atomic E-state index is -3.60. The largest absolute Gasteiger partial charge is 0.257 e. The fourth-order valence-electron chi connectivity index (χ4n) is 5.38. The zero-order valence-electron chi connectivity index (χ0n) is 25.0. The Balaban J connectivity index is 2.12. The number of nitrogens with zero attached hydrogens (tertiary/aromatic N) is 2. The maximum Gasteiger partial charge on any atom is 0.233 e. The third-order valence-corrected chi connectivity index (χ3v) is 9.12. The van der Waals surface area contributed by atoms with Crippen LogP contribution in [0.1, 0.15) is 110 Å². The lowest BCUT2D eigenvalue weighted by atomic mass is 9.67. The number of sulfonamides is 1. The average Bonchev–Trinajstić information content (AvgIpc) is 2.87. The van der Waals surface area contributed by atoms with Crippen molar-refractivity contribution in [1.29, 1.82) is 0 Å². The number of aromatic nitrogens is 1. The van der Waals surface area contributed by atoms with E-state index in [1.54, 1.807) is 12.1 Å². The first-order valence-electron chi connectivity index (χ1n) is 14.3. The summed E-state index contributed by atoms with van der Waals surface area (Å²) in [7, 11) is -2.10. The maximum absolute atomic E-state index is 13.8. The quantitative estimate of drug-likeness (QED) is 0.204. The van der Waals surface area contributed by atoms with Gasteiger partial charge in [-0.05, 0) is 54.4 Å². The molecule has 8 heteroatoms.